The van der Waals surface area contributed by atoms with Crippen molar-refractivity contribution in [3.63, 3.8) is 0 Å². The number of rotatable bonds is 3. The molecule has 0 aliphatic carbocycles. The number of nitrogens with zero attached hydrogens (tertiary/aromatic N) is 4. The monoisotopic (exact) mass is 380 g/mol. The van der Waals surface area contributed by atoms with E-state index in [4.69, 9.17) is 4.98 Å². The lowest BCUT2D eigenvalue weighted by atomic mass is 9.96. The average molecular weight is 380 g/mol. The highest BCUT2D eigenvalue weighted by atomic mass is 15.2. The topological polar surface area (TPSA) is 70.7 Å². The molecule has 5 rings (SSSR count). The summed E-state index contributed by atoms with van der Waals surface area (Å²) in [6, 6.07) is 23.4. The summed E-state index contributed by atoms with van der Waals surface area (Å²) in [5.41, 5.74) is 11.3. The molecule has 0 aliphatic rings. The molecule has 0 saturated heterocycles. The van der Waals surface area contributed by atoms with Gasteiger partial charge in [0, 0.05) is 28.3 Å². The fraction of sp³-hybridized carbons (Fsp3) is 0.125. The number of aromatic nitrogens is 4. The molecule has 5 nitrogen and oxygen atoms in total. The molecule has 0 unspecified atom stereocenters. The number of quaternary nitrogens is 1. The first-order chi connectivity index (χ1) is 14.1. The van der Waals surface area contributed by atoms with E-state index in [1.165, 1.54) is 5.56 Å². The Kier molecular flexibility index (Phi) is 4.11. The minimum atomic E-state index is 0.256. The third-order valence-corrected chi connectivity index (χ3v) is 5.38. The Hall–Kier alpha value is -3.57. The van der Waals surface area contributed by atoms with Crippen molar-refractivity contribution in [1.82, 2.24) is 19.6 Å². The molecule has 0 aliphatic heterocycles. The van der Waals surface area contributed by atoms with E-state index in [-0.39, 0.29) is 6.04 Å². The van der Waals surface area contributed by atoms with Gasteiger partial charge in [-0.25, -0.2) is 4.98 Å². The van der Waals surface area contributed by atoms with Crippen LogP contribution in [0.25, 0.3) is 38.9 Å². The van der Waals surface area contributed by atoms with Crippen LogP contribution < -0.4 is 5.73 Å². The van der Waals surface area contributed by atoms with Gasteiger partial charge in [-0.05, 0) is 31.5 Å². The van der Waals surface area contributed by atoms with E-state index in [1.54, 1.807) is 0 Å². The van der Waals surface area contributed by atoms with Gasteiger partial charge in [-0.2, -0.15) is 0 Å². The summed E-state index contributed by atoms with van der Waals surface area (Å²) in [4.78, 5) is 5.06. The van der Waals surface area contributed by atoms with Crippen molar-refractivity contribution >= 4 is 16.6 Å². The Balaban J connectivity index is 1.80. The van der Waals surface area contributed by atoms with Gasteiger partial charge in [0.15, 0.2) is 5.65 Å². The van der Waals surface area contributed by atoms with Crippen molar-refractivity contribution in [3.8, 4) is 22.4 Å². The fourth-order valence-electron chi connectivity index (χ4n) is 3.74. The van der Waals surface area contributed by atoms with Crippen LogP contribution in [0.15, 0.2) is 72.9 Å². The summed E-state index contributed by atoms with van der Waals surface area (Å²) in [6.07, 6.45) is 1.99. The maximum Gasteiger partial charge on any atom is 0.170 e. The van der Waals surface area contributed by atoms with Crippen LogP contribution in [-0.2, 0) is 0 Å². The second kappa shape index (κ2) is 6.79. The van der Waals surface area contributed by atoms with E-state index in [9.17, 15) is 0 Å². The Morgan fingerprint density at radius 2 is 1.66 bits per heavy atom. The lowest BCUT2D eigenvalue weighted by Gasteiger charge is -2.13. The van der Waals surface area contributed by atoms with Crippen molar-refractivity contribution < 1.29 is 5.73 Å². The second-order valence-electron chi connectivity index (χ2n) is 7.46. The number of benzene rings is 2. The van der Waals surface area contributed by atoms with Crippen LogP contribution >= 0.6 is 0 Å². The molecule has 5 heteroatoms. The lowest BCUT2D eigenvalue weighted by Crippen LogP contribution is -2.51. The van der Waals surface area contributed by atoms with Gasteiger partial charge >= 0.3 is 0 Å². The summed E-state index contributed by atoms with van der Waals surface area (Å²) in [5, 5.41) is 9.61. The van der Waals surface area contributed by atoms with Crippen LogP contribution in [0.3, 0.4) is 0 Å². The van der Waals surface area contributed by atoms with E-state index >= 15 is 0 Å². The van der Waals surface area contributed by atoms with E-state index in [2.05, 4.69) is 77.5 Å². The number of hydrogen-bond acceptors (Lipinski definition) is 3. The van der Waals surface area contributed by atoms with Crippen molar-refractivity contribution in [1.29, 1.82) is 0 Å². The first kappa shape index (κ1) is 17.5. The highest BCUT2D eigenvalue weighted by Gasteiger charge is 2.15. The highest BCUT2D eigenvalue weighted by Crippen LogP contribution is 2.34. The zero-order valence-electron chi connectivity index (χ0n) is 16.5. The van der Waals surface area contributed by atoms with Gasteiger partial charge in [0.05, 0.1) is 11.2 Å². The molecule has 5 aromatic rings. The van der Waals surface area contributed by atoms with Crippen LogP contribution in [0.4, 0.5) is 0 Å². The summed E-state index contributed by atoms with van der Waals surface area (Å²) < 4.78 is 2.00. The maximum atomic E-state index is 5.06. The Labute approximate surface area is 168 Å². The summed E-state index contributed by atoms with van der Waals surface area (Å²) in [7, 11) is 0. The summed E-state index contributed by atoms with van der Waals surface area (Å²) in [6.45, 7) is 4.06. The predicted octanol–water partition coefficient (Wildman–Crippen LogP) is 4.22. The van der Waals surface area contributed by atoms with E-state index in [0.29, 0.717) is 0 Å². The number of hydrogen-bond donors (Lipinski definition) is 1. The molecule has 1 atom stereocenters. The normalized spacial score (nSPS) is 12.5. The van der Waals surface area contributed by atoms with Crippen molar-refractivity contribution in [2.75, 3.05) is 0 Å². The molecule has 0 fully saturated rings. The Bertz CT molecular complexity index is 1320. The summed E-state index contributed by atoms with van der Waals surface area (Å²) >= 11 is 0. The average Bonchev–Trinajstić information content (AvgIpc) is 3.14. The zero-order valence-corrected chi connectivity index (χ0v) is 16.5. The van der Waals surface area contributed by atoms with Crippen LogP contribution in [0.2, 0.25) is 0 Å². The van der Waals surface area contributed by atoms with Gasteiger partial charge in [0.1, 0.15) is 11.9 Å². The first-order valence-electron chi connectivity index (χ1n) is 9.76. The molecular formula is C24H22N5+. The van der Waals surface area contributed by atoms with Gasteiger partial charge in [-0.1, -0.05) is 54.6 Å². The molecule has 2 aromatic carbocycles. The van der Waals surface area contributed by atoms with E-state index < -0.39 is 0 Å². The third-order valence-electron chi connectivity index (χ3n) is 5.38. The van der Waals surface area contributed by atoms with Crippen molar-refractivity contribution in [3.05, 3.63) is 84.3 Å². The van der Waals surface area contributed by atoms with Crippen LogP contribution in [0.5, 0.6) is 0 Å². The van der Waals surface area contributed by atoms with Crippen molar-refractivity contribution in [2.24, 2.45) is 0 Å². The molecule has 142 valence electrons. The molecule has 0 amide bonds. The molecule has 3 aromatic heterocycles. The molecule has 3 heterocycles. The highest BCUT2D eigenvalue weighted by molar-refractivity contribution is 5.98. The predicted molar refractivity (Wildman–Crippen MR) is 115 cm³/mol. The SMILES string of the molecule is Cc1nnc2c3cc(-c4ccccc4)c(-c4ccc([C@@H](C)[NH3+])cc4)nc3ccn12. The molecule has 0 bridgehead atoms. The molecule has 3 N–H and O–H groups in total. The maximum absolute atomic E-state index is 5.06. The number of pyridine rings is 2. The van der Waals surface area contributed by atoms with E-state index in [0.717, 1.165) is 44.8 Å². The smallest absolute Gasteiger partial charge is 0.170 e. The van der Waals surface area contributed by atoms with Gasteiger partial charge in [0.25, 0.3) is 0 Å². The van der Waals surface area contributed by atoms with E-state index in [1.807, 2.05) is 29.7 Å². The standard InChI is InChI=1S/C24H21N5/c1-15(25)17-8-10-19(11-9-17)23-20(18-6-4-3-5-7-18)14-21-22(26-23)12-13-29-16(2)27-28-24(21)29/h3-15H,25H2,1-2H3/p+1/t15-/m1/s1. The molecule has 0 spiro atoms. The Morgan fingerprint density at radius 3 is 2.38 bits per heavy atom. The number of aryl methyl sites for hydroxylation is 1. The molecule has 29 heavy (non-hydrogen) atoms. The van der Waals surface area contributed by atoms with Crippen molar-refractivity contribution in [2.45, 2.75) is 19.9 Å². The van der Waals surface area contributed by atoms with Gasteiger partial charge < -0.3 is 5.73 Å². The van der Waals surface area contributed by atoms with Crippen LogP contribution in [0.1, 0.15) is 24.4 Å². The van der Waals surface area contributed by atoms with Gasteiger partial charge in [0.2, 0.25) is 0 Å². The quantitative estimate of drug-likeness (QED) is 0.509. The second-order valence-corrected chi connectivity index (χ2v) is 7.46. The lowest BCUT2D eigenvalue weighted by molar-refractivity contribution is -0.420. The van der Waals surface area contributed by atoms with Gasteiger partial charge in [-0.3, -0.25) is 4.40 Å². The molecule has 0 saturated carbocycles. The third kappa shape index (κ3) is 2.96. The minimum absolute atomic E-state index is 0.256. The largest absolute Gasteiger partial charge is 0.352 e. The zero-order chi connectivity index (χ0) is 20.0. The van der Waals surface area contributed by atoms with Crippen LogP contribution in [0, 0.1) is 6.92 Å². The van der Waals surface area contributed by atoms with Crippen LogP contribution in [-0.4, -0.2) is 19.6 Å². The minimum Gasteiger partial charge on any atom is -0.352 e. The van der Waals surface area contributed by atoms with Gasteiger partial charge in [-0.15, -0.1) is 10.2 Å². The molecular weight excluding hydrogens is 358 g/mol. The first-order valence-corrected chi connectivity index (χ1v) is 9.76. The fourth-order valence-corrected chi connectivity index (χ4v) is 3.74. The summed E-state index contributed by atoms with van der Waals surface area (Å²) in [5.74, 6) is 0.866. The molecule has 0 radical (unpaired) electrons. The number of fused-ring (bicyclic) bond motifs is 3. The Morgan fingerprint density at radius 1 is 0.897 bits per heavy atom.